The Labute approximate surface area is 118 Å². The van der Waals surface area contributed by atoms with E-state index in [4.69, 9.17) is 4.74 Å². The normalized spacial score (nSPS) is 14.4. The van der Waals surface area contributed by atoms with Crippen molar-refractivity contribution in [2.24, 2.45) is 0 Å². The zero-order valence-electron chi connectivity index (χ0n) is 11.0. The Morgan fingerprint density at radius 3 is 2.50 bits per heavy atom. The number of hydrogen-bond donors (Lipinski definition) is 2. The third-order valence-electron chi connectivity index (χ3n) is 2.79. The maximum absolute atomic E-state index is 9.72. The van der Waals surface area contributed by atoms with Gasteiger partial charge in [0.25, 0.3) is 0 Å². The smallest absolute Gasteiger partial charge is 0.0897 e. The van der Waals surface area contributed by atoms with Gasteiger partial charge in [-0.05, 0) is 31.0 Å². The summed E-state index contributed by atoms with van der Waals surface area (Å²) < 4.78 is 6.27. The minimum atomic E-state index is -0.450. The second-order valence-electron chi connectivity index (χ2n) is 4.23. The van der Waals surface area contributed by atoms with Crippen LogP contribution in [0.2, 0.25) is 0 Å². The summed E-state index contributed by atoms with van der Waals surface area (Å²) in [4.78, 5) is 0. The third kappa shape index (κ3) is 5.48. The fourth-order valence-electron chi connectivity index (χ4n) is 1.78. The molecule has 4 heteroatoms. The van der Waals surface area contributed by atoms with Crippen LogP contribution < -0.4 is 5.32 Å². The minimum Gasteiger partial charge on any atom is -0.389 e. The zero-order chi connectivity index (χ0) is 13.4. The molecule has 0 aliphatic carbocycles. The predicted octanol–water partition coefficient (Wildman–Crippen LogP) is 2.89. The highest BCUT2D eigenvalue weighted by molar-refractivity contribution is 9.10. The van der Waals surface area contributed by atoms with Crippen molar-refractivity contribution in [1.29, 1.82) is 0 Å². The summed E-state index contributed by atoms with van der Waals surface area (Å²) in [6.45, 7) is 5.64. The zero-order valence-corrected chi connectivity index (χ0v) is 12.6. The van der Waals surface area contributed by atoms with Crippen molar-refractivity contribution in [3.8, 4) is 0 Å². The van der Waals surface area contributed by atoms with E-state index in [1.807, 2.05) is 19.1 Å². The number of ether oxygens (including phenoxy) is 1. The maximum atomic E-state index is 9.72. The van der Waals surface area contributed by atoms with Crippen molar-refractivity contribution in [3.63, 3.8) is 0 Å². The molecule has 0 amide bonds. The second kappa shape index (κ2) is 8.64. The van der Waals surface area contributed by atoms with Gasteiger partial charge in [-0.15, -0.1) is 0 Å². The van der Waals surface area contributed by atoms with Crippen LogP contribution in [-0.2, 0) is 4.74 Å². The van der Waals surface area contributed by atoms with Gasteiger partial charge in [-0.1, -0.05) is 35.0 Å². The molecule has 0 radical (unpaired) electrons. The average molecular weight is 316 g/mol. The number of rotatable bonds is 8. The first-order valence-corrected chi connectivity index (χ1v) is 7.21. The van der Waals surface area contributed by atoms with Crippen molar-refractivity contribution in [1.82, 2.24) is 5.32 Å². The molecule has 1 aromatic carbocycles. The van der Waals surface area contributed by atoms with Crippen molar-refractivity contribution >= 4 is 15.9 Å². The van der Waals surface area contributed by atoms with Gasteiger partial charge in [0.1, 0.15) is 0 Å². The summed E-state index contributed by atoms with van der Waals surface area (Å²) >= 11 is 3.43. The van der Waals surface area contributed by atoms with Gasteiger partial charge in [0.15, 0.2) is 0 Å². The van der Waals surface area contributed by atoms with E-state index in [1.54, 1.807) is 0 Å². The van der Waals surface area contributed by atoms with E-state index in [9.17, 15) is 5.11 Å². The fourth-order valence-corrected chi connectivity index (χ4v) is 2.05. The molecule has 0 spiro atoms. The largest absolute Gasteiger partial charge is 0.389 e. The molecule has 0 aromatic heterocycles. The molecule has 3 nitrogen and oxygen atoms in total. The Morgan fingerprint density at radius 1 is 1.28 bits per heavy atom. The van der Waals surface area contributed by atoms with Crippen LogP contribution in [0.4, 0.5) is 0 Å². The molecule has 0 aliphatic rings. The Balaban J connectivity index is 2.44. The third-order valence-corrected chi connectivity index (χ3v) is 3.32. The molecule has 0 heterocycles. The lowest BCUT2D eigenvalue weighted by Gasteiger charge is -2.20. The van der Waals surface area contributed by atoms with E-state index in [2.05, 4.69) is 40.3 Å². The molecule has 0 aliphatic heterocycles. The molecule has 0 bridgehead atoms. The van der Waals surface area contributed by atoms with E-state index in [0.717, 1.165) is 10.9 Å². The van der Waals surface area contributed by atoms with Crippen molar-refractivity contribution in [2.45, 2.75) is 32.4 Å². The molecule has 102 valence electrons. The Bertz CT molecular complexity index is 329. The van der Waals surface area contributed by atoms with Crippen LogP contribution in [0.15, 0.2) is 28.7 Å². The molecule has 2 N–H and O–H groups in total. The Hall–Kier alpha value is -0.420. The van der Waals surface area contributed by atoms with E-state index in [-0.39, 0.29) is 6.04 Å². The molecule has 0 fully saturated rings. The van der Waals surface area contributed by atoms with Crippen molar-refractivity contribution in [3.05, 3.63) is 34.3 Å². The molecular weight excluding hydrogens is 294 g/mol. The van der Waals surface area contributed by atoms with Crippen LogP contribution in [0, 0.1) is 0 Å². The van der Waals surface area contributed by atoms with Crippen LogP contribution in [0.25, 0.3) is 0 Å². The highest BCUT2D eigenvalue weighted by Gasteiger charge is 2.11. The summed E-state index contributed by atoms with van der Waals surface area (Å²) in [6, 6.07) is 8.54. The lowest BCUT2D eigenvalue weighted by Crippen LogP contribution is -2.33. The van der Waals surface area contributed by atoms with Crippen LogP contribution in [0.3, 0.4) is 0 Å². The Kier molecular flexibility index (Phi) is 7.51. The lowest BCUT2D eigenvalue weighted by molar-refractivity contribution is 0.0413. The number of aliphatic hydroxyl groups excluding tert-OH is 1. The van der Waals surface area contributed by atoms with Crippen LogP contribution in [0.5, 0.6) is 0 Å². The maximum Gasteiger partial charge on any atom is 0.0897 e. The number of benzene rings is 1. The van der Waals surface area contributed by atoms with E-state index >= 15 is 0 Å². The molecule has 2 atom stereocenters. The molecular formula is C14H22BrNO2. The number of aliphatic hydroxyl groups is 1. The van der Waals surface area contributed by atoms with Gasteiger partial charge in [0.2, 0.25) is 0 Å². The first-order chi connectivity index (χ1) is 8.67. The number of halogens is 1. The highest BCUT2D eigenvalue weighted by atomic mass is 79.9. The molecule has 1 rings (SSSR count). The first-order valence-electron chi connectivity index (χ1n) is 6.42. The highest BCUT2D eigenvalue weighted by Crippen LogP contribution is 2.19. The Morgan fingerprint density at radius 2 is 1.94 bits per heavy atom. The van der Waals surface area contributed by atoms with Gasteiger partial charge >= 0.3 is 0 Å². The van der Waals surface area contributed by atoms with E-state index in [1.165, 1.54) is 5.56 Å². The summed E-state index contributed by atoms with van der Waals surface area (Å²) in [7, 11) is 0. The van der Waals surface area contributed by atoms with E-state index in [0.29, 0.717) is 19.8 Å². The quantitative estimate of drug-likeness (QED) is 0.775. The fraction of sp³-hybridized carbons (Fsp3) is 0.571. The van der Waals surface area contributed by atoms with E-state index < -0.39 is 6.10 Å². The van der Waals surface area contributed by atoms with Gasteiger partial charge in [-0.2, -0.15) is 0 Å². The standard InChI is InChI=1S/C14H22BrNO2/c1-3-14(11-5-7-12(15)8-6-11)16-9-13(17)10-18-4-2/h5-8,13-14,16-17H,3-4,9-10H2,1-2H3. The van der Waals surface area contributed by atoms with Crippen molar-refractivity contribution < 1.29 is 9.84 Å². The summed E-state index contributed by atoms with van der Waals surface area (Å²) in [5.41, 5.74) is 1.24. The predicted molar refractivity (Wildman–Crippen MR) is 77.7 cm³/mol. The van der Waals surface area contributed by atoms with Crippen LogP contribution in [0.1, 0.15) is 31.9 Å². The number of hydrogen-bond acceptors (Lipinski definition) is 3. The second-order valence-corrected chi connectivity index (χ2v) is 5.15. The topological polar surface area (TPSA) is 41.5 Å². The van der Waals surface area contributed by atoms with Crippen LogP contribution >= 0.6 is 15.9 Å². The van der Waals surface area contributed by atoms with Crippen LogP contribution in [-0.4, -0.2) is 31.0 Å². The van der Waals surface area contributed by atoms with Crippen molar-refractivity contribution in [2.75, 3.05) is 19.8 Å². The summed E-state index contributed by atoms with van der Waals surface area (Å²) in [5.74, 6) is 0. The van der Waals surface area contributed by atoms with Gasteiger partial charge in [0, 0.05) is 23.7 Å². The summed E-state index contributed by atoms with van der Waals surface area (Å²) in [6.07, 6.45) is 0.539. The minimum absolute atomic E-state index is 0.273. The average Bonchev–Trinajstić information content (AvgIpc) is 2.39. The SMILES string of the molecule is CCOCC(O)CNC(CC)c1ccc(Br)cc1. The molecule has 18 heavy (non-hydrogen) atoms. The molecule has 2 unspecified atom stereocenters. The van der Waals surface area contributed by atoms with Gasteiger partial charge in [-0.25, -0.2) is 0 Å². The monoisotopic (exact) mass is 315 g/mol. The molecule has 0 saturated carbocycles. The lowest BCUT2D eigenvalue weighted by atomic mass is 10.0. The molecule has 1 aromatic rings. The number of nitrogens with one attached hydrogen (secondary N) is 1. The van der Waals surface area contributed by atoms with Gasteiger partial charge in [0.05, 0.1) is 12.7 Å². The first kappa shape index (κ1) is 15.6. The molecule has 0 saturated heterocycles. The van der Waals surface area contributed by atoms with Gasteiger partial charge in [-0.3, -0.25) is 0 Å². The summed E-state index contributed by atoms with van der Waals surface area (Å²) in [5, 5.41) is 13.1. The van der Waals surface area contributed by atoms with Gasteiger partial charge < -0.3 is 15.2 Å².